The molecule has 0 aliphatic carbocycles. The summed E-state index contributed by atoms with van der Waals surface area (Å²) in [5.74, 6) is 2.06. The highest BCUT2D eigenvalue weighted by atomic mass is 32.2. The lowest BCUT2D eigenvalue weighted by atomic mass is 10.1. The lowest BCUT2D eigenvalue weighted by molar-refractivity contribution is -0.117. The van der Waals surface area contributed by atoms with Crippen molar-refractivity contribution >= 4 is 23.4 Å². The normalized spacial score (nSPS) is 16.3. The van der Waals surface area contributed by atoms with Gasteiger partial charge in [-0.1, -0.05) is 5.16 Å². The molecule has 8 heteroatoms. The number of carbonyl (C=O) groups is 1. The standard InChI is InChI=1S/C21H21N3O4S/c1-26-17-9-6-15(11-18(17)27-2)24-12-14(10-19(24)25)21-22-20(23-28-21)13-4-7-16(29-3)8-5-13/h4-9,11,14H,10,12H2,1-3H3. The van der Waals surface area contributed by atoms with Gasteiger partial charge in [0.2, 0.25) is 17.6 Å². The number of amides is 1. The van der Waals surface area contributed by atoms with Crippen LogP contribution in [0.25, 0.3) is 11.4 Å². The number of anilines is 1. The third-order valence-corrected chi connectivity index (χ3v) is 5.69. The zero-order valence-corrected chi connectivity index (χ0v) is 17.2. The predicted octanol–water partition coefficient (Wildman–Crippen LogP) is 4.00. The fraction of sp³-hybridized carbons (Fsp3) is 0.286. The summed E-state index contributed by atoms with van der Waals surface area (Å²) in [6, 6.07) is 13.4. The molecule has 1 aliphatic heterocycles. The van der Waals surface area contributed by atoms with Crippen LogP contribution in [0.1, 0.15) is 18.2 Å². The van der Waals surface area contributed by atoms with Crippen molar-refractivity contribution in [1.82, 2.24) is 10.1 Å². The number of methoxy groups -OCH3 is 2. The number of carbonyl (C=O) groups excluding carboxylic acids is 1. The van der Waals surface area contributed by atoms with E-state index in [4.69, 9.17) is 14.0 Å². The molecule has 150 valence electrons. The zero-order chi connectivity index (χ0) is 20.4. The van der Waals surface area contributed by atoms with Crippen LogP contribution in [0.5, 0.6) is 11.5 Å². The molecule has 1 atom stereocenters. The molecule has 7 nitrogen and oxygen atoms in total. The van der Waals surface area contributed by atoms with Gasteiger partial charge in [0.1, 0.15) is 0 Å². The van der Waals surface area contributed by atoms with E-state index in [9.17, 15) is 4.79 Å². The number of thioether (sulfide) groups is 1. The van der Waals surface area contributed by atoms with Gasteiger partial charge in [0, 0.05) is 35.2 Å². The van der Waals surface area contributed by atoms with Gasteiger partial charge in [-0.3, -0.25) is 4.79 Å². The Morgan fingerprint density at radius 2 is 1.86 bits per heavy atom. The Balaban J connectivity index is 1.53. The van der Waals surface area contributed by atoms with E-state index in [1.807, 2.05) is 36.6 Å². The van der Waals surface area contributed by atoms with Crippen LogP contribution in [0.4, 0.5) is 5.69 Å². The molecule has 2 aromatic carbocycles. The maximum Gasteiger partial charge on any atom is 0.232 e. The summed E-state index contributed by atoms with van der Waals surface area (Å²) in [5, 5.41) is 4.10. The van der Waals surface area contributed by atoms with Crippen molar-refractivity contribution < 1.29 is 18.8 Å². The smallest absolute Gasteiger partial charge is 0.232 e. The summed E-state index contributed by atoms with van der Waals surface area (Å²) in [6.07, 6.45) is 2.35. The largest absolute Gasteiger partial charge is 0.493 e. The second-order valence-electron chi connectivity index (χ2n) is 6.63. The molecule has 0 spiro atoms. The molecule has 3 aromatic rings. The number of benzene rings is 2. The Hall–Kier alpha value is -3.00. The van der Waals surface area contributed by atoms with Crippen LogP contribution < -0.4 is 14.4 Å². The van der Waals surface area contributed by atoms with Gasteiger partial charge in [-0.05, 0) is 42.7 Å². The summed E-state index contributed by atoms with van der Waals surface area (Å²) in [5.41, 5.74) is 1.64. The number of hydrogen-bond acceptors (Lipinski definition) is 7. The quantitative estimate of drug-likeness (QED) is 0.568. The highest BCUT2D eigenvalue weighted by molar-refractivity contribution is 7.98. The van der Waals surface area contributed by atoms with Crippen molar-refractivity contribution in [1.29, 1.82) is 0 Å². The van der Waals surface area contributed by atoms with Crippen molar-refractivity contribution in [3.63, 3.8) is 0 Å². The highest BCUT2D eigenvalue weighted by Gasteiger charge is 2.35. The fourth-order valence-electron chi connectivity index (χ4n) is 3.37. The molecule has 1 fully saturated rings. The molecule has 2 heterocycles. The Kier molecular flexibility index (Phi) is 5.44. The van der Waals surface area contributed by atoms with Crippen LogP contribution >= 0.6 is 11.8 Å². The first-order valence-corrected chi connectivity index (χ1v) is 10.4. The monoisotopic (exact) mass is 411 g/mol. The summed E-state index contributed by atoms with van der Waals surface area (Å²) in [6.45, 7) is 0.474. The van der Waals surface area contributed by atoms with Crippen LogP contribution in [0, 0.1) is 0 Å². The molecule has 0 radical (unpaired) electrons. The van der Waals surface area contributed by atoms with E-state index in [2.05, 4.69) is 10.1 Å². The number of aromatic nitrogens is 2. The molecule has 1 saturated heterocycles. The summed E-state index contributed by atoms with van der Waals surface area (Å²) in [7, 11) is 3.15. The number of nitrogens with zero attached hydrogens (tertiary/aromatic N) is 3. The molecule has 4 rings (SSSR count). The molecule has 0 N–H and O–H groups in total. The Bertz CT molecular complexity index is 1020. The van der Waals surface area contributed by atoms with E-state index >= 15 is 0 Å². The molecule has 29 heavy (non-hydrogen) atoms. The Morgan fingerprint density at radius 3 is 2.55 bits per heavy atom. The Labute approximate surface area is 173 Å². The molecule has 1 aliphatic rings. The van der Waals surface area contributed by atoms with E-state index < -0.39 is 0 Å². The van der Waals surface area contributed by atoms with Gasteiger partial charge in [-0.25, -0.2) is 0 Å². The van der Waals surface area contributed by atoms with Crippen LogP contribution in [-0.2, 0) is 4.79 Å². The van der Waals surface area contributed by atoms with Crippen molar-refractivity contribution in [2.24, 2.45) is 0 Å². The van der Waals surface area contributed by atoms with Crippen molar-refractivity contribution in [3.05, 3.63) is 48.4 Å². The number of ether oxygens (including phenoxy) is 2. The van der Waals surface area contributed by atoms with E-state index in [-0.39, 0.29) is 11.8 Å². The second kappa shape index (κ2) is 8.16. The van der Waals surface area contributed by atoms with Gasteiger partial charge in [-0.15, -0.1) is 11.8 Å². The highest BCUT2D eigenvalue weighted by Crippen LogP contribution is 2.36. The number of rotatable bonds is 6. The van der Waals surface area contributed by atoms with Crippen LogP contribution in [0.2, 0.25) is 0 Å². The molecular formula is C21H21N3O4S. The molecular weight excluding hydrogens is 390 g/mol. The van der Waals surface area contributed by atoms with Gasteiger partial charge in [0.05, 0.1) is 20.1 Å². The lowest BCUT2D eigenvalue weighted by Crippen LogP contribution is -2.24. The number of hydrogen-bond donors (Lipinski definition) is 0. The average molecular weight is 411 g/mol. The second-order valence-corrected chi connectivity index (χ2v) is 7.51. The molecule has 1 amide bonds. The predicted molar refractivity (Wildman–Crippen MR) is 111 cm³/mol. The van der Waals surface area contributed by atoms with Crippen LogP contribution in [0.15, 0.2) is 51.9 Å². The minimum Gasteiger partial charge on any atom is -0.493 e. The van der Waals surface area contributed by atoms with Crippen molar-refractivity contribution in [2.45, 2.75) is 17.2 Å². The van der Waals surface area contributed by atoms with Crippen molar-refractivity contribution in [3.8, 4) is 22.9 Å². The summed E-state index contributed by atoms with van der Waals surface area (Å²) < 4.78 is 16.1. The minimum atomic E-state index is -0.151. The Morgan fingerprint density at radius 1 is 1.10 bits per heavy atom. The van der Waals surface area contributed by atoms with Gasteiger partial charge in [0.25, 0.3) is 0 Å². The maximum atomic E-state index is 12.6. The van der Waals surface area contributed by atoms with Crippen LogP contribution in [0.3, 0.4) is 0 Å². The third-order valence-electron chi connectivity index (χ3n) is 4.94. The van der Waals surface area contributed by atoms with Crippen LogP contribution in [-0.4, -0.2) is 43.1 Å². The van der Waals surface area contributed by atoms with Gasteiger partial charge in [-0.2, -0.15) is 4.98 Å². The van der Waals surface area contributed by atoms with Crippen molar-refractivity contribution in [2.75, 3.05) is 31.9 Å². The first-order valence-electron chi connectivity index (χ1n) is 9.13. The third kappa shape index (κ3) is 3.80. The topological polar surface area (TPSA) is 77.7 Å². The van der Waals surface area contributed by atoms with Gasteiger partial charge in [0.15, 0.2) is 11.5 Å². The molecule has 0 bridgehead atoms. The van der Waals surface area contributed by atoms with E-state index in [1.54, 1.807) is 43.0 Å². The molecule has 1 unspecified atom stereocenters. The molecule has 1 aromatic heterocycles. The van der Waals surface area contributed by atoms with Gasteiger partial charge >= 0.3 is 0 Å². The summed E-state index contributed by atoms with van der Waals surface area (Å²) >= 11 is 1.68. The molecule has 0 saturated carbocycles. The van der Waals surface area contributed by atoms with E-state index in [1.165, 1.54) is 4.90 Å². The fourth-order valence-corrected chi connectivity index (χ4v) is 3.78. The lowest BCUT2D eigenvalue weighted by Gasteiger charge is -2.18. The zero-order valence-electron chi connectivity index (χ0n) is 16.4. The first kappa shape index (κ1) is 19.3. The first-order chi connectivity index (χ1) is 14.1. The van der Waals surface area contributed by atoms with E-state index in [0.717, 1.165) is 11.3 Å². The van der Waals surface area contributed by atoms with Gasteiger partial charge < -0.3 is 18.9 Å². The minimum absolute atomic E-state index is 0.00583. The van der Waals surface area contributed by atoms with E-state index in [0.29, 0.717) is 36.2 Å². The maximum absolute atomic E-state index is 12.6. The SMILES string of the molecule is COc1ccc(N2CC(c3nc(-c4ccc(SC)cc4)no3)CC2=O)cc1OC. The summed E-state index contributed by atoms with van der Waals surface area (Å²) in [4.78, 5) is 20.0. The average Bonchev–Trinajstić information content (AvgIpc) is 3.40.